The van der Waals surface area contributed by atoms with Crippen molar-refractivity contribution in [2.24, 2.45) is 5.92 Å². The number of rotatable bonds is 3. The molecular formula is C11H12N2O2S. The van der Waals surface area contributed by atoms with Crippen LogP contribution in [0.3, 0.4) is 0 Å². The number of hydrogen-bond acceptors (Lipinski definition) is 4. The molecule has 0 aliphatic heterocycles. The van der Waals surface area contributed by atoms with Crippen LogP contribution < -0.4 is 0 Å². The molecule has 1 aromatic heterocycles. The molecule has 4 nitrogen and oxygen atoms in total. The van der Waals surface area contributed by atoms with Crippen LogP contribution >= 0.6 is 0 Å². The molecule has 5 heteroatoms. The van der Waals surface area contributed by atoms with Gasteiger partial charge in [0.05, 0.1) is 16.4 Å². The summed E-state index contributed by atoms with van der Waals surface area (Å²) in [5, 5.41) is 8.97. The van der Waals surface area contributed by atoms with Gasteiger partial charge >= 0.3 is 0 Å². The maximum atomic E-state index is 11.7. The van der Waals surface area contributed by atoms with Crippen molar-refractivity contribution in [3.05, 3.63) is 23.4 Å². The van der Waals surface area contributed by atoms with E-state index >= 15 is 0 Å². The minimum atomic E-state index is -1.37. The molecule has 0 saturated carbocycles. The summed E-state index contributed by atoms with van der Waals surface area (Å²) in [5.74, 6) is -0.283. The first-order valence-electron chi connectivity index (χ1n) is 4.76. The van der Waals surface area contributed by atoms with Crippen molar-refractivity contribution in [1.29, 1.82) is 5.26 Å². The van der Waals surface area contributed by atoms with Crippen molar-refractivity contribution in [3.63, 3.8) is 0 Å². The second kappa shape index (κ2) is 4.99. The van der Waals surface area contributed by atoms with Crippen LogP contribution in [0.15, 0.2) is 17.2 Å². The van der Waals surface area contributed by atoms with Crippen molar-refractivity contribution in [2.45, 2.75) is 18.9 Å². The molecule has 1 aromatic rings. The van der Waals surface area contributed by atoms with Gasteiger partial charge < -0.3 is 0 Å². The Bertz CT molecular complexity index is 489. The molecule has 0 aliphatic carbocycles. The number of nitrogens with zero attached hydrogens (tertiary/aromatic N) is 2. The van der Waals surface area contributed by atoms with Crippen LogP contribution in [0, 0.1) is 17.2 Å². The highest BCUT2D eigenvalue weighted by Crippen LogP contribution is 2.13. The van der Waals surface area contributed by atoms with E-state index in [0.29, 0.717) is 0 Å². The van der Waals surface area contributed by atoms with Gasteiger partial charge in [0.25, 0.3) is 0 Å². The van der Waals surface area contributed by atoms with Gasteiger partial charge in [-0.3, -0.25) is 9.00 Å². The summed E-state index contributed by atoms with van der Waals surface area (Å²) < 4.78 is 11.4. The quantitative estimate of drug-likeness (QED) is 0.746. The van der Waals surface area contributed by atoms with E-state index in [1.807, 2.05) is 6.07 Å². The number of hydrogen-bond donors (Lipinski definition) is 0. The van der Waals surface area contributed by atoms with Crippen molar-refractivity contribution in [3.8, 4) is 6.07 Å². The Labute approximate surface area is 96.8 Å². The third-order valence-electron chi connectivity index (χ3n) is 2.03. The topological polar surface area (TPSA) is 70.8 Å². The van der Waals surface area contributed by atoms with Crippen LogP contribution in [0.4, 0.5) is 0 Å². The molecule has 0 saturated heterocycles. The van der Waals surface area contributed by atoms with E-state index in [4.69, 9.17) is 5.26 Å². The minimum Gasteiger partial charge on any atom is -0.292 e. The monoisotopic (exact) mass is 236 g/mol. The average Bonchev–Trinajstić information content (AvgIpc) is 2.26. The Morgan fingerprint density at radius 2 is 2.12 bits per heavy atom. The number of aromatic nitrogens is 1. The normalized spacial score (nSPS) is 12.2. The van der Waals surface area contributed by atoms with Gasteiger partial charge in [0.1, 0.15) is 16.8 Å². The fourth-order valence-corrected chi connectivity index (χ4v) is 1.83. The first-order valence-corrected chi connectivity index (χ1v) is 6.32. The molecule has 0 radical (unpaired) electrons. The number of carbonyl (C=O) groups is 1. The zero-order valence-corrected chi connectivity index (χ0v) is 10.2. The lowest BCUT2D eigenvalue weighted by atomic mass is 10.1. The highest BCUT2D eigenvalue weighted by Gasteiger charge is 2.15. The Morgan fingerprint density at radius 3 is 2.56 bits per heavy atom. The highest BCUT2D eigenvalue weighted by atomic mass is 32.2. The van der Waals surface area contributed by atoms with Crippen molar-refractivity contribution >= 4 is 16.6 Å². The number of carbonyl (C=O) groups excluding carboxylic acids is 1. The lowest BCUT2D eigenvalue weighted by Gasteiger charge is -2.05. The van der Waals surface area contributed by atoms with Crippen molar-refractivity contribution < 1.29 is 9.00 Å². The molecule has 16 heavy (non-hydrogen) atoms. The summed E-state index contributed by atoms with van der Waals surface area (Å²) in [5.41, 5.74) is 0.514. The Balaban J connectivity index is 3.29. The third kappa shape index (κ3) is 2.52. The fraction of sp³-hybridized carbons (Fsp3) is 0.364. The van der Waals surface area contributed by atoms with Crippen molar-refractivity contribution in [2.75, 3.05) is 6.26 Å². The summed E-state index contributed by atoms with van der Waals surface area (Å²) in [6.45, 7) is 3.54. The predicted molar refractivity (Wildman–Crippen MR) is 60.5 cm³/mol. The van der Waals surface area contributed by atoms with Crippen molar-refractivity contribution in [1.82, 2.24) is 4.98 Å². The van der Waals surface area contributed by atoms with Crippen LogP contribution in [0.5, 0.6) is 0 Å². The molecule has 0 spiro atoms. The molecular weight excluding hydrogens is 224 g/mol. The summed E-state index contributed by atoms with van der Waals surface area (Å²) in [6.07, 6.45) is 1.44. The number of Topliss-reactive ketones (excluding diaryl/α,β-unsaturated/α-hetero) is 1. The van der Waals surface area contributed by atoms with Gasteiger partial charge in [0.2, 0.25) is 0 Å². The molecule has 0 aromatic carbocycles. The molecule has 1 atom stereocenters. The Hall–Kier alpha value is -1.54. The van der Waals surface area contributed by atoms with E-state index < -0.39 is 10.8 Å². The van der Waals surface area contributed by atoms with E-state index in [9.17, 15) is 9.00 Å². The van der Waals surface area contributed by atoms with Gasteiger partial charge in [-0.1, -0.05) is 13.8 Å². The third-order valence-corrected chi connectivity index (χ3v) is 2.89. The maximum Gasteiger partial charge on any atom is 0.183 e. The largest absolute Gasteiger partial charge is 0.292 e. The van der Waals surface area contributed by atoms with Crippen LogP contribution in [0.1, 0.15) is 29.9 Å². The van der Waals surface area contributed by atoms with Gasteiger partial charge in [-0.2, -0.15) is 5.26 Å². The molecule has 0 aliphatic rings. The lowest BCUT2D eigenvalue weighted by molar-refractivity contribution is 0.0933. The number of nitriles is 1. The summed E-state index contributed by atoms with van der Waals surface area (Å²) in [6, 6.07) is 4.89. The van der Waals surface area contributed by atoms with Gasteiger partial charge in [-0.15, -0.1) is 0 Å². The van der Waals surface area contributed by atoms with Gasteiger partial charge in [0.15, 0.2) is 5.78 Å². The SMILES string of the molecule is CC(C)C(=O)c1ccc(C#N)c(S(C)=O)n1. The fourth-order valence-electron chi connectivity index (χ4n) is 1.18. The molecule has 1 unspecified atom stereocenters. The van der Waals surface area contributed by atoms with Crippen LogP contribution in [-0.4, -0.2) is 21.2 Å². The summed E-state index contributed by atoms with van der Waals surface area (Å²) >= 11 is 0. The van der Waals surface area contributed by atoms with Gasteiger partial charge in [-0.05, 0) is 12.1 Å². The van der Waals surface area contributed by atoms with E-state index in [1.54, 1.807) is 13.8 Å². The minimum absolute atomic E-state index is 0.115. The zero-order valence-electron chi connectivity index (χ0n) is 9.35. The molecule has 0 bridgehead atoms. The molecule has 84 valence electrons. The van der Waals surface area contributed by atoms with E-state index in [0.717, 1.165) is 0 Å². The van der Waals surface area contributed by atoms with Crippen LogP contribution in [-0.2, 0) is 10.8 Å². The standard InChI is InChI=1S/C11H12N2O2S/c1-7(2)10(14)9-5-4-8(6-12)11(13-9)16(3)15/h4-5,7H,1-3H3. The molecule has 0 fully saturated rings. The number of ketones is 1. The second-order valence-corrected chi connectivity index (χ2v) is 4.93. The summed E-state index contributed by atoms with van der Waals surface area (Å²) in [4.78, 5) is 15.7. The van der Waals surface area contributed by atoms with E-state index in [1.165, 1.54) is 18.4 Å². The first kappa shape index (κ1) is 12.5. The van der Waals surface area contributed by atoms with E-state index in [-0.39, 0.29) is 28.0 Å². The highest BCUT2D eigenvalue weighted by molar-refractivity contribution is 7.84. The Kier molecular flexibility index (Phi) is 3.91. The molecule has 1 heterocycles. The second-order valence-electron chi connectivity index (χ2n) is 3.63. The maximum absolute atomic E-state index is 11.7. The zero-order chi connectivity index (χ0) is 12.3. The first-order chi connectivity index (χ1) is 7.47. The molecule has 0 N–H and O–H groups in total. The average molecular weight is 236 g/mol. The predicted octanol–water partition coefficient (Wildman–Crippen LogP) is 1.53. The smallest absolute Gasteiger partial charge is 0.183 e. The van der Waals surface area contributed by atoms with Crippen LogP contribution in [0.25, 0.3) is 0 Å². The van der Waals surface area contributed by atoms with Gasteiger partial charge in [-0.25, -0.2) is 4.98 Å². The van der Waals surface area contributed by atoms with Crippen LogP contribution in [0.2, 0.25) is 0 Å². The lowest BCUT2D eigenvalue weighted by Crippen LogP contribution is -2.11. The van der Waals surface area contributed by atoms with E-state index in [2.05, 4.69) is 4.98 Å². The van der Waals surface area contributed by atoms with Gasteiger partial charge in [0, 0.05) is 12.2 Å². The number of pyridine rings is 1. The molecule has 1 rings (SSSR count). The Morgan fingerprint density at radius 1 is 1.50 bits per heavy atom. The summed E-state index contributed by atoms with van der Waals surface area (Å²) in [7, 11) is -1.37. The molecule has 0 amide bonds.